The van der Waals surface area contributed by atoms with Crippen LogP contribution in [0.25, 0.3) is 24.6 Å². The third kappa shape index (κ3) is 1630. The summed E-state index contributed by atoms with van der Waals surface area (Å²) in [7, 11) is 0. The molecule has 0 aromatic heterocycles. The van der Waals surface area contributed by atoms with Gasteiger partial charge >= 0.3 is 17.1 Å². The van der Waals surface area contributed by atoms with Crippen molar-refractivity contribution in [1.82, 2.24) is 0 Å². The molecule has 0 aliphatic heterocycles. The first-order chi connectivity index (χ1) is 10.8. The molecule has 33 heavy (non-hydrogen) atoms. The van der Waals surface area contributed by atoms with Crippen LogP contribution in [0.1, 0.15) is 12.8 Å². The summed E-state index contributed by atoms with van der Waals surface area (Å²) >= 11 is 0. The number of nitrogens with zero attached hydrogens (tertiary/aromatic N) is 6. The molecule has 16 N–H and O–H groups in total. The van der Waals surface area contributed by atoms with Crippen LogP contribution in [-0.4, -0.2) is 26.2 Å². The molecule has 0 amide bonds. The summed E-state index contributed by atoms with van der Waals surface area (Å²) in [5.41, 5.74) is 20.2. The van der Waals surface area contributed by atoms with Gasteiger partial charge in [-0.25, -0.2) is 0 Å². The molecule has 6 radical (unpaired) electrons. The first-order valence-electron chi connectivity index (χ1n) is 4.97. The summed E-state index contributed by atoms with van der Waals surface area (Å²) < 4.78 is 0. The fourth-order valence-corrected chi connectivity index (χ4v) is 0.236. The Bertz CT molecular complexity index is 190. The monoisotopic (exact) mass is 802 g/mol. The van der Waals surface area contributed by atoms with Gasteiger partial charge in [-0.2, -0.15) is 0 Å². The van der Waals surface area contributed by atoms with E-state index in [1.165, 1.54) is 0 Å². The molecule has 0 heterocycles. The normalized spacial score (nSPS) is 2.91. The van der Waals surface area contributed by atoms with Gasteiger partial charge in [-0.3, -0.25) is 0 Å². The van der Waals surface area contributed by atoms with Crippen molar-refractivity contribution >= 4 is 0 Å². The van der Waals surface area contributed by atoms with Gasteiger partial charge in [0.25, 0.3) is 0 Å². The molecule has 0 fully saturated rings. The maximum Gasteiger partial charge on any atom is 6.00 e. The molecular weight excluding hydrogens is 777 g/mol. The van der Waals surface area contributed by atoms with E-state index in [0.29, 0.717) is 0 Å². The zero-order valence-corrected chi connectivity index (χ0v) is 23.5. The van der Waals surface area contributed by atoms with Gasteiger partial charge in [-0.15, -0.1) is 0 Å². The molecule has 0 spiro atoms. The molecule has 14 nitrogen and oxygen atoms in total. The van der Waals surface area contributed by atoms with Crippen LogP contribution >= 0.6 is 0 Å². The number of rotatable bonds is 4. The maximum absolute atomic E-state index is 6.25. The summed E-state index contributed by atoms with van der Waals surface area (Å²) in [4.78, 5) is 0. The predicted molar refractivity (Wildman–Crippen MR) is 96.4 cm³/mol. The second-order valence-corrected chi connectivity index (χ2v) is 1.86. The third-order valence-corrected chi connectivity index (χ3v) is 0.816. The summed E-state index contributed by atoms with van der Waals surface area (Å²) in [6.45, 7) is 31.4. The van der Waals surface area contributed by atoms with E-state index in [4.69, 9.17) is 93.9 Å². The summed E-state index contributed by atoms with van der Waals surface area (Å²) in [5, 5.41) is 37.5. The van der Waals surface area contributed by atoms with Gasteiger partial charge in [-0.05, 0) is 39.0 Å². The molecule has 0 bridgehead atoms. The molecule has 0 aliphatic carbocycles. The Kier molecular flexibility index (Phi) is 4150. The molecule has 0 unspecified atom stereocenters. The zero-order chi connectivity index (χ0) is 20.2. The summed E-state index contributed by atoms with van der Waals surface area (Å²) in [6, 6.07) is 0. The molecule has 0 aromatic carbocycles. The Morgan fingerprint density at radius 1 is 0.333 bits per heavy atom. The molecule has 0 aliphatic rings. The van der Waals surface area contributed by atoms with Crippen molar-refractivity contribution < 1.29 is 119 Å². The van der Waals surface area contributed by atoms with Crippen LogP contribution in [0.3, 0.4) is 0 Å². The van der Waals surface area contributed by atoms with Gasteiger partial charge < -0.3 is 119 Å². The minimum atomic E-state index is 0. The van der Waals surface area contributed by atoms with Crippen LogP contribution in [0, 0.1) is 71.0 Å². The number of hydrogen-bond acceptors (Lipinski definition) is 10. The Morgan fingerprint density at radius 3 is 0.394 bits per heavy atom. The Labute approximate surface area is 274 Å². The second-order valence-electron chi connectivity index (χ2n) is 1.86. The molecule has 224 valence electrons. The van der Waals surface area contributed by atoms with Crippen molar-refractivity contribution in [3.8, 4) is 0 Å². The van der Waals surface area contributed by atoms with Crippen molar-refractivity contribution in [2.45, 2.75) is 12.8 Å². The average molecular weight is 806 g/mol. The van der Waals surface area contributed by atoms with Crippen molar-refractivity contribution in [1.29, 1.82) is 31.6 Å². The molecule has 0 aromatic rings. The van der Waals surface area contributed by atoms with Crippen LogP contribution in [0.2, 0.25) is 0 Å². The molecule has 0 saturated heterocycles. The summed E-state index contributed by atoms with van der Waals surface area (Å²) in [6.07, 6.45) is 1.89. The first-order valence-corrected chi connectivity index (χ1v) is 4.97. The van der Waals surface area contributed by atoms with Gasteiger partial charge in [0.2, 0.25) is 0 Å². The van der Waals surface area contributed by atoms with Gasteiger partial charge in [0.15, 0.2) is 0 Å². The van der Waals surface area contributed by atoms with Crippen LogP contribution in [0.15, 0.2) is 0 Å². The number of nitrogens with two attached hydrogens (primary N) is 8. The van der Waals surface area contributed by atoms with E-state index in [9.17, 15) is 0 Å². The van der Waals surface area contributed by atoms with Crippen molar-refractivity contribution in [2.75, 3.05) is 26.2 Å². The van der Waals surface area contributed by atoms with Crippen LogP contribution in [0.5, 0.6) is 0 Å². The molecular formula is C12H28Cu6FeN14-4. The maximum atomic E-state index is 6.25. The van der Waals surface area contributed by atoms with Gasteiger partial charge in [-0.1, -0.05) is 0 Å². The molecule has 0 saturated carbocycles. The fraction of sp³-hybridized carbons (Fsp3) is 0.500. The van der Waals surface area contributed by atoms with E-state index in [-0.39, 0.29) is 144 Å². The first kappa shape index (κ1) is 170. The molecule has 0 rings (SSSR count). The van der Waals surface area contributed by atoms with Crippen LogP contribution < -0.4 is 22.9 Å². The molecule has 0 atom stereocenters. The molecule has 21 heteroatoms. The Balaban J connectivity index is -0.00000000395. The fourth-order valence-electron chi connectivity index (χ4n) is 0.236. The van der Waals surface area contributed by atoms with E-state index in [0.717, 1.165) is 39.0 Å². The predicted octanol–water partition coefficient (Wildman–Crippen LogP) is 2.02. The minimum Gasteiger partial charge on any atom is -0.693 e. The average Bonchev–Trinajstić information content (AvgIpc) is 2.67. The SMILES string of the molecule is NCCCN.NCCCN.[C-]#N.[C-]#N.[C-]#N.[C-]#N.[C-]#N.[C-]#N.[Cu].[Cu].[Cu].[Cu].[Cu].[Cu].[Fe+6].[NH2-].[NH2-].[NH2-].[NH2-]. The van der Waals surface area contributed by atoms with Crippen molar-refractivity contribution in [2.24, 2.45) is 22.9 Å². The third-order valence-electron chi connectivity index (χ3n) is 0.816. The van der Waals surface area contributed by atoms with Crippen molar-refractivity contribution in [3.63, 3.8) is 0 Å². The summed E-state index contributed by atoms with van der Waals surface area (Å²) in [5.74, 6) is 0. The topological polar surface area (TPSA) is 381 Å². The van der Waals surface area contributed by atoms with E-state index >= 15 is 0 Å². The van der Waals surface area contributed by atoms with E-state index in [1.54, 1.807) is 0 Å². The van der Waals surface area contributed by atoms with E-state index in [1.807, 2.05) is 0 Å². The minimum absolute atomic E-state index is 0. The Morgan fingerprint density at radius 2 is 0.394 bits per heavy atom. The van der Waals surface area contributed by atoms with E-state index < -0.39 is 0 Å². The van der Waals surface area contributed by atoms with Gasteiger partial charge in [0, 0.05) is 102 Å². The quantitative estimate of drug-likeness (QED) is 0.236. The largest absolute Gasteiger partial charge is 6.00 e. The second kappa shape index (κ2) is 805. The van der Waals surface area contributed by atoms with E-state index in [2.05, 4.69) is 0 Å². The van der Waals surface area contributed by atoms with Crippen molar-refractivity contribution in [3.05, 3.63) is 64.0 Å². The van der Waals surface area contributed by atoms with Crippen LogP contribution in [0.4, 0.5) is 0 Å². The number of hydrogen-bond donors (Lipinski definition) is 4. The Hall–Kier alpha value is 0.256. The smallest absolute Gasteiger partial charge is 0.693 e. The standard InChI is InChI=1S/2C3H10N2.6CN.6Cu.Fe.4H2N/c2*4-2-1-3-5;6*1-2;;;;;;;;;;;/h2*1-5H2;;;;;;;;;;;;;;4*1H2/q;;6*-1;;;;;;;+6;4*-1. The van der Waals surface area contributed by atoms with Crippen LogP contribution in [-0.2, 0) is 119 Å². The van der Waals surface area contributed by atoms with Gasteiger partial charge in [0.05, 0.1) is 0 Å². The van der Waals surface area contributed by atoms with Gasteiger partial charge in [0.1, 0.15) is 0 Å². The zero-order valence-electron chi connectivity index (χ0n) is 16.7.